The lowest BCUT2D eigenvalue weighted by Crippen LogP contribution is -2.40. The second-order valence-corrected chi connectivity index (χ2v) is 6.43. The molecule has 1 fully saturated rings. The number of methoxy groups -OCH3 is 1. The zero-order valence-electron chi connectivity index (χ0n) is 14.8. The van der Waals surface area contributed by atoms with Gasteiger partial charge in [0.25, 0.3) is 5.91 Å². The summed E-state index contributed by atoms with van der Waals surface area (Å²) in [6, 6.07) is 18.0. The molecule has 1 N–H and O–H groups in total. The van der Waals surface area contributed by atoms with Crippen LogP contribution in [0.4, 0.5) is 0 Å². The second kappa shape index (κ2) is 8.67. The molecule has 4 nitrogen and oxygen atoms in total. The first-order chi connectivity index (χ1) is 12.3. The fourth-order valence-electron chi connectivity index (χ4n) is 3.48. The molecular weight excluding hydrogens is 312 g/mol. The third-order valence-electron chi connectivity index (χ3n) is 4.82. The lowest BCUT2D eigenvalue weighted by molar-refractivity contribution is 0.0921. The number of rotatable bonds is 6. The van der Waals surface area contributed by atoms with E-state index in [1.807, 2.05) is 24.3 Å². The SMILES string of the molecule is COc1ccccc1C(=O)NCC(c1ccccc1)N1CCCCC1. The Hall–Kier alpha value is -2.33. The van der Waals surface area contributed by atoms with Crippen molar-refractivity contribution in [1.82, 2.24) is 10.2 Å². The maximum atomic E-state index is 12.6. The normalized spacial score (nSPS) is 16.2. The third-order valence-corrected chi connectivity index (χ3v) is 4.82. The number of hydrogen-bond acceptors (Lipinski definition) is 3. The first-order valence-corrected chi connectivity index (χ1v) is 9.00. The smallest absolute Gasteiger partial charge is 0.255 e. The van der Waals surface area contributed by atoms with Gasteiger partial charge in [-0.1, -0.05) is 48.9 Å². The van der Waals surface area contributed by atoms with Gasteiger partial charge < -0.3 is 10.1 Å². The van der Waals surface area contributed by atoms with E-state index in [0.717, 1.165) is 13.1 Å². The van der Waals surface area contributed by atoms with Gasteiger partial charge in [0.1, 0.15) is 5.75 Å². The molecule has 0 radical (unpaired) electrons. The van der Waals surface area contributed by atoms with E-state index in [1.165, 1.54) is 24.8 Å². The van der Waals surface area contributed by atoms with Crippen molar-refractivity contribution in [3.63, 3.8) is 0 Å². The van der Waals surface area contributed by atoms with Crippen molar-refractivity contribution in [3.05, 3.63) is 65.7 Å². The Morgan fingerprint density at radius 3 is 2.44 bits per heavy atom. The lowest BCUT2D eigenvalue weighted by atomic mass is 10.0. The fourth-order valence-corrected chi connectivity index (χ4v) is 3.48. The maximum absolute atomic E-state index is 12.6. The highest BCUT2D eigenvalue weighted by Crippen LogP contribution is 2.24. The first-order valence-electron chi connectivity index (χ1n) is 9.00. The number of amides is 1. The number of ether oxygens (including phenoxy) is 1. The molecule has 1 amide bonds. The van der Waals surface area contributed by atoms with Crippen LogP contribution in [0, 0.1) is 0 Å². The standard InChI is InChI=1S/C21H26N2O2/c1-25-20-13-7-6-12-18(20)21(24)22-16-19(17-10-4-2-5-11-17)23-14-8-3-9-15-23/h2,4-7,10-13,19H,3,8-9,14-16H2,1H3,(H,22,24). The van der Waals surface area contributed by atoms with Crippen LogP contribution in [0.1, 0.15) is 41.2 Å². The highest BCUT2D eigenvalue weighted by molar-refractivity contribution is 5.96. The summed E-state index contributed by atoms with van der Waals surface area (Å²) in [5.74, 6) is 0.518. The molecule has 3 rings (SSSR count). The molecule has 1 unspecified atom stereocenters. The van der Waals surface area contributed by atoms with E-state index in [0.29, 0.717) is 17.9 Å². The van der Waals surface area contributed by atoms with Crippen LogP contribution in [0.3, 0.4) is 0 Å². The van der Waals surface area contributed by atoms with E-state index < -0.39 is 0 Å². The summed E-state index contributed by atoms with van der Waals surface area (Å²) in [4.78, 5) is 15.1. The molecule has 0 aromatic heterocycles. The summed E-state index contributed by atoms with van der Waals surface area (Å²) in [7, 11) is 1.59. The molecule has 1 aliphatic rings. The number of likely N-dealkylation sites (tertiary alicyclic amines) is 1. The van der Waals surface area contributed by atoms with Crippen molar-refractivity contribution in [2.45, 2.75) is 25.3 Å². The monoisotopic (exact) mass is 338 g/mol. The molecule has 1 aliphatic heterocycles. The minimum atomic E-state index is -0.0876. The van der Waals surface area contributed by atoms with Crippen molar-refractivity contribution in [3.8, 4) is 5.75 Å². The molecule has 0 aliphatic carbocycles. The van der Waals surface area contributed by atoms with E-state index >= 15 is 0 Å². The highest BCUT2D eigenvalue weighted by atomic mass is 16.5. The first kappa shape index (κ1) is 17.5. The van der Waals surface area contributed by atoms with Crippen LogP contribution in [-0.4, -0.2) is 37.6 Å². The third kappa shape index (κ3) is 4.40. The molecule has 0 spiro atoms. The predicted molar refractivity (Wildman–Crippen MR) is 99.9 cm³/mol. The zero-order chi connectivity index (χ0) is 17.5. The van der Waals surface area contributed by atoms with Crippen LogP contribution < -0.4 is 10.1 Å². The molecule has 0 saturated carbocycles. The predicted octanol–water partition coefficient (Wildman–Crippen LogP) is 3.65. The summed E-state index contributed by atoms with van der Waals surface area (Å²) in [6.07, 6.45) is 3.75. The number of nitrogens with zero attached hydrogens (tertiary/aromatic N) is 1. The number of piperidine rings is 1. The van der Waals surface area contributed by atoms with Gasteiger partial charge >= 0.3 is 0 Å². The zero-order valence-corrected chi connectivity index (χ0v) is 14.8. The highest BCUT2D eigenvalue weighted by Gasteiger charge is 2.23. The van der Waals surface area contributed by atoms with Gasteiger partial charge in [0, 0.05) is 6.54 Å². The molecule has 132 valence electrons. The fraction of sp³-hybridized carbons (Fsp3) is 0.381. The summed E-state index contributed by atoms with van der Waals surface area (Å²) >= 11 is 0. The summed E-state index contributed by atoms with van der Waals surface area (Å²) in [5.41, 5.74) is 1.83. The maximum Gasteiger partial charge on any atom is 0.255 e. The Labute approximate surface area is 149 Å². The molecule has 0 bridgehead atoms. The van der Waals surface area contributed by atoms with Crippen LogP contribution in [0.15, 0.2) is 54.6 Å². The number of para-hydroxylation sites is 1. The number of carbonyl (C=O) groups is 1. The van der Waals surface area contributed by atoms with Crippen LogP contribution in [0.5, 0.6) is 5.75 Å². The molecule has 2 aromatic rings. The van der Waals surface area contributed by atoms with Gasteiger partial charge in [0.2, 0.25) is 0 Å². The van der Waals surface area contributed by atoms with Crippen molar-refractivity contribution in [2.24, 2.45) is 0 Å². The minimum Gasteiger partial charge on any atom is -0.496 e. The number of benzene rings is 2. The van der Waals surface area contributed by atoms with Gasteiger partial charge in [-0.15, -0.1) is 0 Å². The van der Waals surface area contributed by atoms with Gasteiger partial charge in [-0.3, -0.25) is 9.69 Å². The van der Waals surface area contributed by atoms with Gasteiger partial charge in [0.15, 0.2) is 0 Å². The van der Waals surface area contributed by atoms with Crippen molar-refractivity contribution >= 4 is 5.91 Å². The van der Waals surface area contributed by atoms with Gasteiger partial charge in [-0.05, 0) is 43.6 Å². The molecule has 1 atom stereocenters. The van der Waals surface area contributed by atoms with Gasteiger partial charge in [-0.2, -0.15) is 0 Å². The average molecular weight is 338 g/mol. The average Bonchev–Trinajstić information content (AvgIpc) is 2.69. The second-order valence-electron chi connectivity index (χ2n) is 6.43. The number of nitrogens with one attached hydrogen (secondary N) is 1. The number of hydrogen-bond donors (Lipinski definition) is 1. The van der Waals surface area contributed by atoms with Crippen LogP contribution in [0.2, 0.25) is 0 Å². The molecule has 4 heteroatoms. The molecule has 1 heterocycles. The van der Waals surface area contributed by atoms with E-state index in [1.54, 1.807) is 13.2 Å². The lowest BCUT2D eigenvalue weighted by Gasteiger charge is -2.35. The van der Waals surface area contributed by atoms with Gasteiger partial charge in [0.05, 0.1) is 18.7 Å². The van der Waals surface area contributed by atoms with E-state index in [-0.39, 0.29) is 11.9 Å². The van der Waals surface area contributed by atoms with Crippen LogP contribution in [-0.2, 0) is 0 Å². The molecule has 2 aromatic carbocycles. The van der Waals surface area contributed by atoms with E-state index in [2.05, 4.69) is 34.5 Å². The van der Waals surface area contributed by atoms with Crippen molar-refractivity contribution in [2.75, 3.05) is 26.7 Å². The van der Waals surface area contributed by atoms with Crippen LogP contribution in [0.25, 0.3) is 0 Å². The Balaban J connectivity index is 1.73. The molecular formula is C21H26N2O2. The summed E-state index contributed by atoms with van der Waals surface area (Å²) < 4.78 is 5.30. The number of carbonyl (C=O) groups excluding carboxylic acids is 1. The van der Waals surface area contributed by atoms with Crippen molar-refractivity contribution in [1.29, 1.82) is 0 Å². The minimum absolute atomic E-state index is 0.0876. The summed E-state index contributed by atoms with van der Waals surface area (Å²) in [6.45, 7) is 2.77. The Kier molecular flexibility index (Phi) is 6.07. The Bertz CT molecular complexity index is 681. The molecule has 1 saturated heterocycles. The van der Waals surface area contributed by atoms with E-state index in [9.17, 15) is 4.79 Å². The Morgan fingerprint density at radius 2 is 1.72 bits per heavy atom. The quantitative estimate of drug-likeness (QED) is 0.874. The van der Waals surface area contributed by atoms with Crippen LogP contribution >= 0.6 is 0 Å². The Morgan fingerprint density at radius 1 is 1.04 bits per heavy atom. The van der Waals surface area contributed by atoms with Crippen molar-refractivity contribution < 1.29 is 9.53 Å². The largest absolute Gasteiger partial charge is 0.496 e. The topological polar surface area (TPSA) is 41.6 Å². The van der Waals surface area contributed by atoms with E-state index in [4.69, 9.17) is 4.74 Å². The molecule has 25 heavy (non-hydrogen) atoms. The summed E-state index contributed by atoms with van der Waals surface area (Å²) in [5, 5.41) is 3.11. The van der Waals surface area contributed by atoms with Gasteiger partial charge in [-0.25, -0.2) is 0 Å².